The molecule has 1 aromatic heterocycles. The largest absolute Gasteiger partial charge is 0.465 e. The fraction of sp³-hybridized carbons (Fsp3) is 0.429. The summed E-state index contributed by atoms with van der Waals surface area (Å²) in [5.74, 6) is 0.814. The maximum Gasteiger partial charge on any atom is 0.446 e. The highest BCUT2D eigenvalue weighted by Gasteiger charge is 2.30. The lowest BCUT2D eigenvalue weighted by Gasteiger charge is -2.02. The zero-order valence-electron chi connectivity index (χ0n) is 6.53. The van der Waals surface area contributed by atoms with Gasteiger partial charge in [-0.05, 0) is 31.7 Å². The van der Waals surface area contributed by atoms with E-state index in [1.807, 2.05) is 0 Å². The normalized spacial score (nSPS) is 12.1. The Kier molecular flexibility index (Phi) is 2.41. The highest BCUT2D eigenvalue weighted by atomic mass is 32.2. The maximum absolute atomic E-state index is 11.9. The van der Waals surface area contributed by atoms with Crippen LogP contribution in [0.3, 0.4) is 0 Å². The predicted molar refractivity (Wildman–Crippen MR) is 40.1 cm³/mol. The van der Waals surface area contributed by atoms with Crippen LogP contribution in [0.15, 0.2) is 15.4 Å². The lowest BCUT2D eigenvalue weighted by atomic mass is 10.4. The summed E-state index contributed by atoms with van der Waals surface area (Å²) >= 11 is -0.146. The molecule has 5 heteroatoms. The highest BCUT2D eigenvalue weighted by molar-refractivity contribution is 8.00. The van der Waals surface area contributed by atoms with E-state index >= 15 is 0 Å². The van der Waals surface area contributed by atoms with E-state index in [2.05, 4.69) is 0 Å². The minimum absolute atomic E-state index is 0.139. The van der Waals surface area contributed by atoms with Crippen molar-refractivity contribution in [2.24, 2.45) is 0 Å². The number of alkyl halides is 3. The summed E-state index contributed by atoms with van der Waals surface area (Å²) in [7, 11) is 0. The monoisotopic (exact) mass is 196 g/mol. The van der Waals surface area contributed by atoms with Crippen molar-refractivity contribution in [1.29, 1.82) is 0 Å². The molecule has 0 aliphatic carbocycles. The van der Waals surface area contributed by atoms with Crippen LogP contribution in [0.1, 0.15) is 11.5 Å². The zero-order valence-corrected chi connectivity index (χ0v) is 7.34. The minimum atomic E-state index is -4.24. The number of hydrogen-bond acceptors (Lipinski definition) is 2. The van der Waals surface area contributed by atoms with Gasteiger partial charge in [-0.2, -0.15) is 13.2 Å². The van der Waals surface area contributed by atoms with Crippen molar-refractivity contribution in [3.8, 4) is 0 Å². The van der Waals surface area contributed by atoms with Crippen LogP contribution in [0, 0.1) is 13.8 Å². The molecule has 0 N–H and O–H groups in total. The van der Waals surface area contributed by atoms with Gasteiger partial charge in [-0.25, -0.2) is 0 Å². The van der Waals surface area contributed by atoms with Gasteiger partial charge in [0.1, 0.15) is 11.5 Å². The summed E-state index contributed by atoms with van der Waals surface area (Å²) in [6, 6.07) is 1.38. The lowest BCUT2D eigenvalue weighted by molar-refractivity contribution is -0.0328. The van der Waals surface area contributed by atoms with E-state index in [0.29, 0.717) is 11.5 Å². The van der Waals surface area contributed by atoms with Gasteiger partial charge in [0.2, 0.25) is 0 Å². The van der Waals surface area contributed by atoms with Crippen molar-refractivity contribution in [2.75, 3.05) is 0 Å². The molecule has 0 spiro atoms. The van der Waals surface area contributed by atoms with E-state index in [0.717, 1.165) is 0 Å². The van der Waals surface area contributed by atoms with Crippen LogP contribution in [-0.2, 0) is 0 Å². The molecule has 1 nitrogen and oxygen atoms in total. The van der Waals surface area contributed by atoms with Crippen molar-refractivity contribution < 1.29 is 17.6 Å². The molecule has 0 aliphatic heterocycles. The fourth-order valence-corrected chi connectivity index (χ4v) is 1.49. The first-order valence-electron chi connectivity index (χ1n) is 3.21. The van der Waals surface area contributed by atoms with Gasteiger partial charge in [0, 0.05) is 0 Å². The number of thioether (sulfide) groups is 1. The van der Waals surface area contributed by atoms with Gasteiger partial charge in [-0.1, -0.05) is 0 Å². The Bertz CT molecular complexity index is 277. The molecular weight excluding hydrogens is 189 g/mol. The summed E-state index contributed by atoms with van der Waals surface area (Å²) in [5.41, 5.74) is -4.24. The van der Waals surface area contributed by atoms with E-state index in [1.54, 1.807) is 6.92 Å². The number of furan rings is 1. The molecule has 0 bridgehead atoms. The SMILES string of the molecule is Cc1cc(SC(F)(F)F)c(C)o1. The number of halogens is 3. The Morgan fingerprint density at radius 2 is 1.92 bits per heavy atom. The van der Waals surface area contributed by atoms with Crippen molar-refractivity contribution in [2.45, 2.75) is 24.3 Å². The average Bonchev–Trinajstić information content (AvgIpc) is 2.06. The Balaban J connectivity index is 2.82. The van der Waals surface area contributed by atoms with E-state index < -0.39 is 5.51 Å². The molecule has 1 rings (SSSR count). The summed E-state index contributed by atoms with van der Waals surface area (Å²) in [6.07, 6.45) is 0. The molecular formula is C7H7F3OS. The molecule has 0 saturated carbocycles. The summed E-state index contributed by atoms with van der Waals surface area (Å²) < 4.78 is 40.5. The second kappa shape index (κ2) is 3.05. The molecule has 1 aromatic rings. The van der Waals surface area contributed by atoms with E-state index in [-0.39, 0.29) is 16.7 Å². The highest BCUT2D eigenvalue weighted by Crippen LogP contribution is 2.39. The third kappa shape index (κ3) is 2.48. The van der Waals surface area contributed by atoms with Crippen molar-refractivity contribution >= 4 is 11.8 Å². The van der Waals surface area contributed by atoms with Crippen molar-refractivity contribution in [3.63, 3.8) is 0 Å². The standard InChI is InChI=1S/C7H7F3OS/c1-4-3-6(5(2)11-4)12-7(8,9)10/h3H,1-2H3. The van der Waals surface area contributed by atoms with Crippen molar-refractivity contribution in [1.82, 2.24) is 0 Å². The molecule has 0 radical (unpaired) electrons. The predicted octanol–water partition coefficient (Wildman–Crippen LogP) is 3.51. The molecule has 0 fully saturated rings. The van der Waals surface area contributed by atoms with Crippen LogP contribution < -0.4 is 0 Å². The summed E-state index contributed by atoms with van der Waals surface area (Å²) in [5, 5.41) is 0. The molecule has 0 aromatic carbocycles. The fourth-order valence-electron chi connectivity index (χ4n) is 0.833. The lowest BCUT2D eigenvalue weighted by Crippen LogP contribution is -1.98. The Morgan fingerprint density at radius 1 is 1.33 bits per heavy atom. The molecule has 12 heavy (non-hydrogen) atoms. The van der Waals surface area contributed by atoms with Gasteiger partial charge in [0.05, 0.1) is 4.90 Å². The first-order chi connectivity index (χ1) is 5.38. The Labute approximate surface area is 71.9 Å². The molecule has 0 amide bonds. The van der Waals surface area contributed by atoms with E-state index in [4.69, 9.17) is 4.42 Å². The Hall–Kier alpha value is -0.580. The third-order valence-corrected chi connectivity index (χ3v) is 2.08. The van der Waals surface area contributed by atoms with Crippen LogP contribution in [-0.4, -0.2) is 5.51 Å². The van der Waals surface area contributed by atoms with Gasteiger partial charge in [-0.15, -0.1) is 0 Å². The number of aryl methyl sites for hydroxylation is 2. The average molecular weight is 196 g/mol. The Morgan fingerprint density at radius 3 is 2.25 bits per heavy atom. The molecule has 0 unspecified atom stereocenters. The summed E-state index contributed by atoms with van der Waals surface area (Å²) in [4.78, 5) is 0.139. The van der Waals surface area contributed by atoms with Crippen LogP contribution >= 0.6 is 11.8 Å². The third-order valence-electron chi connectivity index (χ3n) is 1.22. The van der Waals surface area contributed by atoms with Gasteiger partial charge >= 0.3 is 5.51 Å². The molecule has 1 heterocycles. The van der Waals surface area contributed by atoms with Gasteiger partial charge in [0.25, 0.3) is 0 Å². The van der Waals surface area contributed by atoms with Crippen molar-refractivity contribution in [3.05, 3.63) is 17.6 Å². The van der Waals surface area contributed by atoms with Crippen LogP contribution in [0.4, 0.5) is 13.2 Å². The van der Waals surface area contributed by atoms with Crippen LogP contribution in [0.25, 0.3) is 0 Å². The first-order valence-corrected chi connectivity index (χ1v) is 4.03. The molecule has 0 atom stereocenters. The van der Waals surface area contributed by atoms with Gasteiger partial charge in [0.15, 0.2) is 0 Å². The van der Waals surface area contributed by atoms with Gasteiger partial charge < -0.3 is 4.42 Å². The maximum atomic E-state index is 11.9. The second-order valence-corrected chi connectivity index (χ2v) is 3.43. The molecule has 0 saturated heterocycles. The molecule has 68 valence electrons. The topological polar surface area (TPSA) is 13.1 Å². The summed E-state index contributed by atoms with van der Waals surface area (Å²) in [6.45, 7) is 3.13. The van der Waals surface area contributed by atoms with E-state index in [1.165, 1.54) is 13.0 Å². The second-order valence-electron chi connectivity index (χ2n) is 2.33. The van der Waals surface area contributed by atoms with Crippen LogP contribution in [0.5, 0.6) is 0 Å². The van der Waals surface area contributed by atoms with Gasteiger partial charge in [-0.3, -0.25) is 0 Å². The quantitative estimate of drug-likeness (QED) is 0.637. The first kappa shape index (κ1) is 9.51. The number of rotatable bonds is 1. The smallest absolute Gasteiger partial charge is 0.446 e. The zero-order chi connectivity index (χ0) is 9.35. The molecule has 0 aliphatic rings. The van der Waals surface area contributed by atoms with E-state index in [9.17, 15) is 13.2 Å². The van der Waals surface area contributed by atoms with Crippen LogP contribution in [0.2, 0.25) is 0 Å². The minimum Gasteiger partial charge on any atom is -0.465 e. The number of hydrogen-bond donors (Lipinski definition) is 0.